The van der Waals surface area contributed by atoms with Crippen molar-refractivity contribution in [3.8, 4) is 17.2 Å². The number of methoxy groups -OCH3 is 1. The summed E-state index contributed by atoms with van der Waals surface area (Å²) in [6, 6.07) is 14.0. The molecule has 2 aromatic rings. The van der Waals surface area contributed by atoms with Gasteiger partial charge in [-0.05, 0) is 24.3 Å². The number of esters is 1. The van der Waals surface area contributed by atoms with E-state index in [-0.39, 0.29) is 24.3 Å². The maximum Gasteiger partial charge on any atom is 0.314 e. The van der Waals surface area contributed by atoms with Crippen LogP contribution in [0.4, 0.5) is 0 Å². The monoisotopic (exact) mass is 300 g/mol. The van der Waals surface area contributed by atoms with E-state index in [4.69, 9.17) is 14.2 Å². The second kappa shape index (κ2) is 7.83. The number of carbonyl (C=O) groups is 2. The van der Waals surface area contributed by atoms with Crippen LogP contribution in [-0.2, 0) is 4.79 Å². The van der Waals surface area contributed by atoms with Crippen molar-refractivity contribution in [3.05, 3.63) is 54.1 Å². The molecule has 114 valence electrons. The molecule has 0 saturated heterocycles. The van der Waals surface area contributed by atoms with Crippen molar-refractivity contribution >= 4 is 12.3 Å². The number of hydrogen-bond acceptors (Lipinski definition) is 5. The predicted octanol–water partition coefficient (Wildman–Crippen LogP) is 2.88. The van der Waals surface area contributed by atoms with E-state index in [1.807, 2.05) is 18.2 Å². The largest absolute Gasteiger partial charge is 0.493 e. The van der Waals surface area contributed by atoms with Crippen LogP contribution in [-0.4, -0.2) is 26.0 Å². The quantitative estimate of drug-likeness (QED) is 0.447. The third-order valence-electron chi connectivity index (χ3n) is 2.89. The van der Waals surface area contributed by atoms with Crippen LogP contribution in [0.25, 0.3) is 0 Å². The minimum atomic E-state index is -0.497. The van der Waals surface area contributed by atoms with Crippen molar-refractivity contribution in [2.75, 3.05) is 13.7 Å². The summed E-state index contributed by atoms with van der Waals surface area (Å²) in [6.45, 7) is 0.189. The Bertz CT molecular complexity index is 637. The SMILES string of the molecule is COc1cccc(C=O)c1OC(=O)CCOc1ccccc1. The van der Waals surface area contributed by atoms with E-state index in [1.165, 1.54) is 7.11 Å². The third kappa shape index (κ3) is 4.09. The Morgan fingerprint density at radius 3 is 2.55 bits per heavy atom. The zero-order valence-electron chi connectivity index (χ0n) is 12.2. The molecule has 0 heterocycles. The van der Waals surface area contributed by atoms with Gasteiger partial charge in [0.25, 0.3) is 0 Å². The molecule has 0 atom stereocenters. The number of para-hydroxylation sites is 2. The van der Waals surface area contributed by atoms with Gasteiger partial charge in [-0.15, -0.1) is 0 Å². The van der Waals surface area contributed by atoms with Crippen LogP contribution in [0.5, 0.6) is 17.2 Å². The van der Waals surface area contributed by atoms with Gasteiger partial charge in [0.05, 0.1) is 25.7 Å². The predicted molar refractivity (Wildman–Crippen MR) is 80.6 cm³/mol. The Morgan fingerprint density at radius 1 is 1.09 bits per heavy atom. The molecule has 0 N–H and O–H groups in total. The number of benzene rings is 2. The summed E-state index contributed by atoms with van der Waals surface area (Å²) in [5.74, 6) is 0.649. The molecule has 0 amide bonds. The third-order valence-corrected chi connectivity index (χ3v) is 2.89. The van der Waals surface area contributed by atoms with Crippen molar-refractivity contribution < 1.29 is 23.8 Å². The molecular weight excluding hydrogens is 284 g/mol. The fourth-order valence-corrected chi connectivity index (χ4v) is 1.83. The lowest BCUT2D eigenvalue weighted by atomic mass is 10.2. The number of aldehydes is 1. The van der Waals surface area contributed by atoms with Gasteiger partial charge in [-0.3, -0.25) is 9.59 Å². The maximum absolute atomic E-state index is 11.9. The zero-order valence-corrected chi connectivity index (χ0v) is 12.2. The fraction of sp³-hybridized carbons (Fsp3) is 0.176. The molecule has 2 aromatic carbocycles. The van der Waals surface area contributed by atoms with Gasteiger partial charge in [-0.1, -0.05) is 24.3 Å². The second-order valence-corrected chi connectivity index (χ2v) is 4.38. The summed E-state index contributed by atoms with van der Waals surface area (Å²) >= 11 is 0. The standard InChI is InChI=1S/C17H16O5/c1-20-15-9-5-6-13(12-18)17(15)22-16(19)10-11-21-14-7-3-2-4-8-14/h2-9,12H,10-11H2,1H3. The van der Waals surface area contributed by atoms with Crippen molar-refractivity contribution in [2.45, 2.75) is 6.42 Å². The first-order valence-corrected chi connectivity index (χ1v) is 6.75. The lowest BCUT2D eigenvalue weighted by Crippen LogP contribution is -2.14. The normalized spacial score (nSPS) is 9.86. The molecule has 0 aliphatic carbocycles. The van der Waals surface area contributed by atoms with E-state index in [0.717, 1.165) is 0 Å². The maximum atomic E-state index is 11.9. The molecule has 0 saturated carbocycles. The highest BCUT2D eigenvalue weighted by atomic mass is 16.6. The molecule has 0 aromatic heterocycles. The van der Waals surface area contributed by atoms with Gasteiger partial charge in [0.2, 0.25) is 0 Å². The molecule has 5 heteroatoms. The van der Waals surface area contributed by atoms with Crippen LogP contribution in [0.1, 0.15) is 16.8 Å². The molecule has 5 nitrogen and oxygen atoms in total. The Morgan fingerprint density at radius 2 is 1.86 bits per heavy atom. The molecule has 0 aliphatic rings. The lowest BCUT2D eigenvalue weighted by molar-refractivity contribution is -0.135. The molecular formula is C17H16O5. The summed E-state index contributed by atoms with van der Waals surface area (Å²) in [4.78, 5) is 22.9. The molecule has 22 heavy (non-hydrogen) atoms. The highest BCUT2D eigenvalue weighted by Gasteiger charge is 2.14. The molecule has 0 bridgehead atoms. The van der Waals surface area contributed by atoms with Crippen LogP contribution in [0, 0.1) is 0 Å². The summed E-state index contributed by atoms with van der Waals surface area (Å²) in [5, 5.41) is 0. The van der Waals surface area contributed by atoms with Crippen LogP contribution in [0.3, 0.4) is 0 Å². The van der Waals surface area contributed by atoms with Gasteiger partial charge in [-0.2, -0.15) is 0 Å². The minimum absolute atomic E-state index is 0.0608. The van der Waals surface area contributed by atoms with Crippen molar-refractivity contribution in [1.29, 1.82) is 0 Å². The molecule has 0 spiro atoms. The second-order valence-electron chi connectivity index (χ2n) is 4.38. The number of carbonyl (C=O) groups excluding carboxylic acids is 2. The van der Waals surface area contributed by atoms with Crippen LogP contribution < -0.4 is 14.2 Å². The highest BCUT2D eigenvalue weighted by Crippen LogP contribution is 2.30. The summed E-state index contributed by atoms with van der Waals surface area (Å²) in [5.41, 5.74) is 0.261. The van der Waals surface area contributed by atoms with E-state index in [1.54, 1.807) is 30.3 Å². The van der Waals surface area contributed by atoms with E-state index in [2.05, 4.69) is 0 Å². The van der Waals surface area contributed by atoms with Crippen LogP contribution in [0.2, 0.25) is 0 Å². The van der Waals surface area contributed by atoms with E-state index in [9.17, 15) is 9.59 Å². The highest BCUT2D eigenvalue weighted by molar-refractivity contribution is 5.84. The average Bonchev–Trinajstić information content (AvgIpc) is 2.56. The Balaban J connectivity index is 1.93. The van der Waals surface area contributed by atoms with Gasteiger partial charge < -0.3 is 14.2 Å². The lowest BCUT2D eigenvalue weighted by Gasteiger charge is -2.11. The number of ether oxygens (including phenoxy) is 3. The molecule has 0 aliphatic heterocycles. The number of hydrogen-bond donors (Lipinski definition) is 0. The molecule has 2 rings (SSSR count). The van der Waals surface area contributed by atoms with Crippen molar-refractivity contribution in [3.63, 3.8) is 0 Å². The van der Waals surface area contributed by atoms with Crippen LogP contribution >= 0.6 is 0 Å². The first kappa shape index (κ1) is 15.6. The Labute approximate surface area is 128 Å². The minimum Gasteiger partial charge on any atom is -0.493 e. The summed E-state index contributed by atoms with van der Waals surface area (Å²) in [7, 11) is 1.44. The molecule has 0 radical (unpaired) electrons. The van der Waals surface area contributed by atoms with E-state index < -0.39 is 5.97 Å². The van der Waals surface area contributed by atoms with E-state index >= 15 is 0 Å². The zero-order chi connectivity index (χ0) is 15.8. The van der Waals surface area contributed by atoms with Gasteiger partial charge in [0.1, 0.15) is 5.75 Å². The molecule has 0 fully saturated rings. The smallest absolute Gasteiger partial charge is 0.314 e. The summed E-state index contributed by atoms with van der Waals surface area (Å²) in [6.07, 6.45) is 0.677. The summed E-state index contributed by atoms with van der Waals surface area (Å²) < 4.78 is 15.7. The molecule has 0 unspecified atom stereocenters. The van der Waals surface area contributed by atoms with Gasteiger partial charge in [0, 0.05) is 0 Å². The Hall–Kier alpha value is -2.82. The van der Waals surface area contributed by atoms with Crippen molar-refractivity contribution in [1.82, 2.24) is 0 Å². The topological polar surface area (TPSA) is 61.8 Å². The van der Waals surface area contributed by atoms with Crippen LogP contribution in [0.15, 0.2) is 48.5 Å². The van der Waals surface area contributed by atoms with E-state index in [0.29, 0.717) is 17.8 Å². The fourth-order valence-electron chi connectivity index (χ4n) is 1.83. The number of rotatable bonds is 7. The van der Waals surface area contributed by atoms with Crippen molar-refractivity contribution in [2.24, 2.45) is 0 Å². The van der Waals surface area contributed by atoms with Gasteiger partial charge in [-0.25, -0.2) is 0 Å². The van der Waals surface area contributed by atoms with Gasteiger partial charge in [0.15, 0.2) is 17.8 Å². The Kier molecular flexibility index (Phi) is 5.54. The first-order valence-electron chi connectivity index (χ1n) is 6.75. The average molecular weight is 300 g/mol. The van der Waals surface area contributed by atoms with Gasteiger partial charge >= 0.3 is 5.97 Å². The first-order chi connectivity index (χ1) is 10.7.